The van der Waals surface area contributed by atoms with E-state index in [1.54, 1.807) is 18.2 Å². The molecule has 1 N–H and O–H groups in total. The standard InChI is InChI=1S/C12H11ClN2O3S/c1-18-12-5-4-9(13)7-11(12)15-19(16,17)10-3-2-6-14-8-10/h2-8,15H,1H3. The van der Waals surface area contributed by atoms with Crippen LogP contribution in [0, 0.1) is 0 Å². The molecule has 0 bridgehead atoms. The van der Waals surface area contributed by atoms with Crippen LogP contribution in [0.3, 0.4) is 0 Å². The van der Waals surface area contributed by atoms with Crippen molar-refractivity contribution in [3.05, 3.63) is 47.7 Å². The van der Waals surface area contributed by atoms with Crippen LogP contribution in [0.5, 0.6) is 5.75 Å². The molecule has 2 aromatic rings. The number of anilines is 1. The molecule has 0 amide bonds. The lowest BCUT2D eigenvalue weighted by molar-refractivity contribution is 0.417. The third-order valence-electron chi connectivity index (χ3n) is 2.35. The van der Waals surface area contributed by atoms with E-state index in [-0.39, 0.29) is 10.6 Å². The molecular formula is C12H11ClN2O3S. The Morgan fingerprint density at radius 2 is 2.11 bits per heavy atom. The largest absolute Gasteiger partial charge is 0.495 e. The van der Waals surface area contributed by atoms with E-state index >= 15 is 0 Å². The van der Waals surface area contributed by atoms with Crippen LogP contribution in [-0.2, 0) is 10.0 Å². The number of hydrogen-bond acceptors (Lipinski definition) is 4. The van der Waals surface area contributed by atoms with Crippen molar-refractivity contribution in [2.45, 2.75) is 4.90 Å². The Labute approximate surface area is 116 Å². The van der Waals surface area contributed by atoms with Gasteiger partial charge in [0, 0.05) is 17.4 Å². The molecule has 100 valence electrons. The first kappa shape index (κ1) is 13.6. The minimum atomic E-state index is -3.71. The van der Waals surface area contributed by atoms with E-state index in [1.165, 1.54) is 31.6 Å². The summed E-state index contributed by atoms with van der Waals surface area (Å²) in [5.74, 6) is 0.386. The zero-order chi connectivity index (χ0) is 13.9. The summed E-state index contributed by atoms with van der Waals surface area (Å²) >= 11 is 5.85. The average molecular weight is 299 g/mol. The Balaban J connectivity index is 2.38. The van der Waals surface area contributed by atoms with Crippen LogP contribution < -0.4 is 9.46 Å². The minimum absolute atomic E-state index is 0.0667. The molecule has 1 heterocycles. The van der Waals surface area contributed by atoms with Crippen LogP contribution in [0.1, 0.15) is 0 Å². The van der Waals surface area contributed by atoms with Crippen molar-refractivity contribution in [2.24, 2.45) is 0 Å². The molecule has 1 aromatic carbocycles. The molecule has 0 spiro atoms. The van der Waals surface area contributed by atoms with Gasteiger partial charge >= 0.3 is 0 Å². The minimum Gasteiger partial charge on any atom is -0.495 e. The van der Waals surface area contributed by atoms with E-state index in [2.05, 4.69) is 9.71 Å². The first-order chi connectivity index (χ1) is 9.03. The third-order valence-corrected chi connectivity index (χ3v) is 3.94. The number of aromatic nitrogens is 1. The molecule has 19 heavy (non-hydrogen) atoms. The second-order valence-corrected chi connectivity index (χ2v) is 5.76. The summed E-state index contributed by atoms with van der Waals surface area (Å²) in [6.45, 7) is 0. The molecule has 0 aliphatic heterocycles. The maximum absolute atomic E-state index is 12.1. The number of sulfonamides is 1. The van der Waals surface area contributed by atoms with Gasteiger partial charge in [0.25, 0.3) is 10.0 Å². The molecule has 0 aliphatic carbocycles. The van der Waals surface area contributed by atoms with Gasteiger partial charge in [-0.05, 0) is 30.3 Å². The Bertz CT molecular complexity index is 675. The predicted octanol–water partition coefficient (Wildman–Crippen LogP) is 2.54. The van der Waals surface area contributed by atoms with Gasteiger partial charge in [-0.3, -0.25) is 9.71 Å². The Hall–Kier alpha value is -1.79. The van der Waals surface area contributed by atoms with E-state index in [0.29, 0.717) is 10.8 Å². The van der Waals surface area contributed by atoms with Gasteiger partial charge in [0.15, 0.2) is 0 Å². The maximum Gasteiger partial charge on any atom is 0.263 e. The van der Waals surface area contributed by atoms with Crippen LogP contribution in [0.15, 0.2) is 47.6 Å². The van der Waals surface area contributed by atoms with Crippen LogP contribution in [0.2, 0.25) is 5.02 Å². The summed E-state index contributed by atoms with van der Waals surface area (Å²) < 4.78 is 31.8. The fourth-order valence-electron chi connectivity index (χ4n) is 1.47. The normalized spacial score (nSPS) is 11.1. The van der Waals surface area contributed by atoms with Gasteiger partial charge in [-0.15, -0.1) is 0 Å². The molecule has 0 fully saturated rings. The number of pyridine rings is 1. The zero-order valence-electron chi connectivity index (χ0n) is 10.00. The molecule has 1 aromatic heterocycles. The molecule has 0 unspecified atom stereocenters. The fraction of sp³-hybridized carbons (Fsp3) is 0.0833. The van der Waals surface area contributed by atoms with Gasteiger partial charge in [-0.25, -0.2) is 8.42 Å². The van der Waals surface area contributed by atoms with E-state index in [1.807, 2.05) is 0 Å². The van der Waals surface area contributed by atoms with Gasteiger partial charge < -0.3 is 4.74 Å². The third kappa shape index (κ3) is 3.15. The highest BCUT2D eigenvalue weighted by Crippen LogP contribution is 2.29. The summed E-state index contributed by atoms with van der Waals surface area (Å²) in [5.41, 5.74) is 0.277. The highest BCUT2D eigenvalue weighted by atomic mass is 35.5. The lowest BCUT2D eigenvalue weighted by Gasteiger charge is -2.11. The van der Waals surface area contributed by atoms with Gasteiger partial charge in [0.1, 0.15) is 10.6 Å². The Morgan fingerprint density at radius 1 is 1.32 bits per heavy atom. The molecule has 0 atom stereocenters. The van der Waals surface area contributed by atoms with E-state index in [9.17, 15) is 8.42 Å². The summed E-state index contributed by atoms with van der Waals surface area (Å²) in [6.07, 6.45) is 2.76. The molecule has 7 heteroatoms. The lowest BCUT2D eigenvalue weighted by Crippen LogP contribution is -2.13. The molecule has 2 rings (SSSR count). The summed E-state index contributed by atoms with van der Waals surface area (Å²) in [5, 5.41) is 0.407. The zero-order valence-corrected chi connectivity index (χ0v) is 11.6. The van der Waals surface area contributed by atoms with Crippen molar-refractivity contribution in [2.75, 3.05) is 11.8 Å². The maximum atomic E-state index is 12.1. The number of hydrogen-bond donors (Lipinski definition) is 1. The number of halogens is 1. The number of nitrogens with zero attached hydrogens (tertiary/aromatic N) is 1. The predicted molar refractivity (Wildman–Crippen MR) is 73.0 cm³/mol. The molecule has 0 aliphatic rings. The van der Waals surface area contributed by atoms with Gasteiger partial charge in [0.2, 0.25) is 0 Å². The number of ether oxygens (including phenoxy) is 1. The molecule has 0 saturated carbocycles. The van der Waals surface area contributed by atoms with Crippen LogP contribution in [0.4, 0.5) is 5.69 Å². The van der Waals surface area contributed by atoms with Crippen molar-refractivity contribution in [1.82, 2.24) is 4.98 Å². The van der Waals surface area contributed by atoms with E-state index < -0.39 is 10.0 Å². The second kappa shape index (κ2) is 5.46. The first-order valence-electron chi connectivity index (χ1n) is 5.29. The van der Waals surface area contributed by atoms with Crippen LogP contribution in [-0.4, -0.2) is 20.5 Å². The molecule has 5 nitrogen and oxygen atoms in total. The topological polar surface area (TPSA) is 68.3 Å². The molecule has 0 saturated heterocycles. The number of nitrogens with one attached hydrogen (secondary N) is 1. The van der Waals surface area contributed by atoms with Gasteiger partial charge in [-0.1, -0.05) is 11.6 Å². The Kier molecular flexibility index (Phi) is 3.92. The van der Waals surface area contributed by atoms with Crippen molar-refractivity contribution < 1.29 is 13.2 Å². The number of benzene rings is 1. The summed E-state index contributed by atoms with van der Waals surface area (Å²) in [6, 6.07) is 7.68. The van der Waals surface area contributed by atoms with E-state index in [4.69, 9.17) is 16.3 Å². The quantitative estimate of drug-likeness (QED) is 0.942. The highest BCUT2D eigenvalue weighted by molar-refractivity contribution is 7.92. The number of methoxy groups -OCH3 is 1. The SMILES string of the molecule is COc1ccc(Cl)cc1NS(=O)(=O)c1cccnc1. The lowest BCUT2D eigenvalue weighted by atomic mass is 10.3. The van der Waals surface area contributed by atoms with Crippen LogP contribution >= 0.6 is 11.6 Å². The molecular weight excluding hydrogens is 288 g/mol. The summed E-state index contributed by atoms with van der Waals surface area (Å²) in [7, 11) is -2.26. The van der Waals surface area contributed by atoms with Crippen LogP contribution in [0.25, 0.3) is 0 Å². The smallest absolute Gasteiger partial charge is 0.263 e. The fourth-order valence-corrected chi connectivity index (χ4v) is 2.67. The number of rotatable bonds is 4. The van der Waals surface area contributed by atoms with Crippen molar-refractivity contribution in [1.29, 1.82) is 0 Å². The van der Waals surface area contributed by atoms with E-state index in [0.717, 1.165) is 0 Å². The first-order valence-corrected chi connectivity index (χ1v) is 7.15. The van der Waals surface area contributed by atoms with Gasteiger partial charge in [0.05, 0.1) is 12.8 Å². The van der Waals surface area contributed by atoms with Crippen molar-refractivity contribution in [3.8, 4) is 5.75 Å². The second-order valence-electron chi connectivity index (χ2n) is 3.64. The monoisotopic (exact) mass is 298 g/mol. The molecule has 0 radical (unpaired) electrons. The van der Waals surface area contributed by atoms with Gasteiger partial charge in [-0.2, -0.15) is 0 Å². The van der Waals surface area contributed by atoms with Crippen molar-refractivity contribution >= 4 is 27.3 Å². The highest BCUT2D eigenvalue weighted by Gasteiger charge is 2.16. The summed E-state index contributed by atoms with van der Waals surface area (Å²) in [4.78, 5) is 3.84. The average Bonchev–Trinajstić information content (AvgIpc) is 2.39. The Morgan fingerprint density at radius 3 is 2.74 bits per heavy atom. The van der Waals surface area contributed by atoms with Crippen molar-refractivity contribution in [3.63, 3.8) is 0 Å².